The zero-order chi connectivity index (χ0) is 30.1. The maximum absolute atomic E-state index is 13.5. The average molecular weight is 582 g/mol. The number of carbonyl (C=O) groups excluding carboxylic acids is 2. The van der Waals surface area contributed by atoms with Gasteiger partial charge in [0, 0.05) is 16.9 Å². The molecule has 1 aliphatic rings. The molecule has 1 aliphatic carbocycles. The molecular formula is C29H30F3N7O3. The number of urea groups is 1. The van der Waals surface area contributed by atoms with Crippen LogP contribution in [0.5, 0.6) is 5.75 Å². The molecular weight excluding hydrogens is 551 g/mol. The van der Waals surface area contributed by atoms with Gasteiger partial charge in [0.15, 0.2) is 0 Å². The highest BCUT2D eigenvalue weighted by Crippen LogP contribution is 2.34. The van der Waals surface area contributed by atoms with Gasteiger partial charge < -0.3 is 15.8 Å². The van der Waals surface area contributed by atoms with Gasteiger partial charge in [-0.15, -0.1) is 13.2 Å². The quantitative estimate of drug-likeness (QED) is 0.0996. The number of benzene rings is 3. The molecule has 0 radical (unpaired) electrons. The number of alkyl halides is 3. The van der Waals surface area contributed by atoms with Gasteiger partial charge in [0.05, 0.1) is 6.54 Å². The van der Waals surface area contributed by atoms with Crippen LogP contribution >= 0.6 is 0 Å². The third-order valence-electron chi connectivity index (χ3n) is 6.82. The Kier molecular flexibility index (Phi) is 9.73. The van der Waals surface area contributed by atoms with E-state index in [1.54, 1.807) is 24.3 Å². The molecule has 3 aromatic carbocycles. The summed E-state index contributed by atoms with van der Waals surface area (Å²) in [6.07, 6.45) is 1.08. The minimum Gasteiger partial charge on any atom is -0.406 e. The van der Waals surface area contributed by atoms with Crippen LogP contribution in [0.4, 0.5) is 29.3 Å². The summed E-state index contributed by atoms with van der Waals surface area (Å²) >= 11 is 0. The zero-order valence-electron chi connectivity index (χ0n) is 22.5. The van der Waals surface area contributed by atoms with E-state index in [4.69, 9.17) is 11.3 Å². The van der Waals surface area contributed by atoms with E-state index in [-0.39, 0.29) is 23.8 Å². The largest absolute Gasteiger partial charge is 0.573 e. The Balaban J connectivity index is 1.53. The molecule has 0 spiro atoms. The van der Waals surface area contributed by atoms with E-state index in [0.29, 0.717) is 17.2 Å². The van der Waals surface area contributed by atoms with Crippen LogP contribution in [-0.4, -0.2) is 24.3 Å². The fourth-order valence-corrected chi connectivity index (χ4v) is 4.79. The monoisotopic (exact) mass is 581 g/mol. The summed E-state index contributed by atoms with van der Waals surface area (Å²) in [5, 5.41) is 11.0. The predicted molar refractivity (Wildman–Crippen MR) is 151 cm³/mol. The summed E-state index contributed by atoms with van der Waals surface area (Å²) in [6, 6.07) is 18.6. The first kappa shape index (κ1) is 30.0. The number of hydrogen-bond acceptors (Lipinski definition) is 5. The molecule has 0 saturated heterocycles. The maximum atomic E-state index is 13.5. The summed E-state index contributed by atoms with van der Waals surface area (Å²) in [7, 11) is 0. The molecule has 4 rings (SSSR count). The van der Waals surface area contributed by atoms with Gasteiger partial charge in [-0.1, -0.05) is 48.6 Å². The molecule has 3 aromatic rings. The maximum Gasteiger partial charge on any atom is 0.573 e. The van der Waals surface area contributed by atoms with E-state index in [0.717, 1.165) is 25.0 Å². The summed E-state index contributed by atoms with van der Waals surface area (Å²) in [5.41, 5.74) is 15.2. The van der Waals surface area contributed by atoms with Crippen LogP contribution < -0.4 is 26.0 Å². The molecule has 3 amide bonds. The highest BCUT2D eigenvalue weighted by atomic mass is 19.4. The van der Waals surface area contributed by atoms with Crippen molar-refractivity contribution < 1.29 is 27.5 Å². The number of nitrogens with zero attached hydrogens (tertiary/aromatic N) is 3. The molecule has 0 heterocycles. The summed E-state index contributed by atoms with van der Waals surface area (Å²) in [4.78, 5) is 27.3. The number of nitrogens with one attached hydrogen (secondary N) is 3. The number of nitrogens with two attached hydrogens (primary N) is 1. The molecule has 0 aliphatic heterocycles. The average Bonchev–Trinajstić information content (AvgIpc) is 2.97. The van der Waals surface area contributed by atoms with Gasteiger partial charge >= 0.3 is 12.4 Å². The van der Waals surface area contributed by atoms with Crippen molar-refractivity contribution in [1.82, 2.24) is 5.32 Å². The van der Waals surface area contributed by atoms with Crippen LogP contribution in [0.1, 0.15) is 59.5 Å². The smallest absolute Gasteiger partial charge is 0.406 e. The van der Waals surface area contributed by atoms with Gasteiger partial charge in [-0.05, 0) is 83.6 Å². The summed E-state index contributed by atoms with van der Waals surface area (Å²) in [6.45, 7) is 0.132. The normalized spacial score (nSPS) is 14.1. The lowest BCUT2D eigenvalue weighted by atomic mass is 9.84. The second kappa shape index (κ2) is 13.6. The highest BCUT2D eigenvalue weighted by Gasteiger charge is 2.31. The number of carbonyl (C=O) groups is 2. The van der Waals surface area contributed by atoms with Gasteiger partial charge in [-0.25, -0.2) is 4.79 Å². The lowest BCUT2D eigenvalue weighted by Gasteiger charge is -2.26. The summed E-state index contributed by atoms with van der Waals surface area (Å²) in [5.74, 6) is -0.782. The minimum atomic E-state index is -4.82. The molecule has 0 unspecified atom stereocenters. The third-order valence-corrected chi connectivity index (χ3v) is 6.82. The third kappa shape index (κ3) is 8.53. The number of halogens is 3. The first-order chi connectivity index (χ1) is 20.1. The van der Waals surface area contributed by atoms with Crippen molar-refractivity contribution >= 4 is 29.3 Å². The fourth-order valence-electron chi connectivity index (χ4n) is 4.79. The topological polar surface area (TPSA) is 145 Å². The van der Waals surface area contributed by atoms with Crippen LogP contribution in [0.2, 0.25) is 0 Å². The molecule has 0 aromatic heterocycles. The van der Waals surface area contributed by atoms with E-state index in [1.807, 2.05) is 24.3 Å². The molecule has 10 nitrogen and oxygen atoms in total. The lowest BCUT2D eigenvalue weighted by molar-refractivity contribution is -0.274. The van der Waals surface area contributed by atoms with E-state index in [9.17, 15) is 22.8 Å². The van der Waals surface area contributed by atoms with E-state index in [1.165, 1.54) is 41.9 Å². The Morgan fingerprint density at radius 3 is 2.19 bits per heavy atom. The Morgan fingerprint density at radius 1 is 0.952 bits per heavy atom. The van der Waals surface area contributed by atoms with Crippen LogP contribution in [0.3, 0.4) is 0 Å². The zero-order valence-corrected chi connectivity index (χ0v) is 22.5. The van der Waals surface area contributed by atoms with E-state index >= 15 is 0 Å². The van der Waals surface area contributed by atoms with Crippen LogP contribution in [0.15, 0.2) is 83.1 Å². The Bertz CT molecular complexity index is 1400. The van der Waals surface area contributed by atoms with Gasteiger partial charge in [0.1, 0.15) is 5.75 Å². The van der Waals surface area contributed by atoms with Gasteiger partial charge in [-0.3, -0.25) is 15.0 Å². The lowest BCUT2D eigenvalue weighted by Crippen LogP contribution is -2.36. The van der Waals surface area contributed by atoms with Crippen molar-refractivity contribution in [1.29, 1.82) is 5.53 Å². The van der Waals surface area contributed by atoms with Crippen molar-refractivity contribution in [3.63, 3.8) is 0 Å². The minimum absolute atomic E-state index is 0.132. The van der Waals surface area contributed by atoms with Crippen molar-refractivity contribution in [2.45, 2.75) is 50.9 Å². The number of ether oxygens (including phenoxy) is 1. The van der Waals surface area contributed by atoms with Gasteiger partial charge in [0.25, 0.3) is 5.91 Å². The molecule has 1 fully saturated rings. The first-order valence-corrected chi connectivity index (χ1v) is 13.3. The summed E-state index contributed by atoms with van der Waals surface area (Å²) < 4.78 is 41.4. The van der Waals surface area contributed by atoms with Crippen LogP contribution in [0, 0.1) is 5.53 Å². The number of guanidine groups is 1. The standard InChI is InChI=1S/C29H30F3N7O3/c30-29(31,32)42-25-16-12-23(13-17-25)35-28(41)39(24-14-10-21(11-15-24)20-4-2-1-3-5-20)18-19-6-8-22(9-7-19)26(40)36-27(33)37-38-34/h6-17,20H,1-5,18H2,(H,35,41)(H4,33,34,36,37,40). The van der Waals surface area contributed by atoms with Gasteiger partial charge in [0.2, 0.25) is 5.96 Å². The van der Waals surface area contributed by atoms with Crippen molar-refractivity contribution in [2.75, 3.05) is 10.2 Å². The number of rotatable bonds is 8. The van der Waals surface area contributed by atoms with Crippen molar-refractivity contribution in [3.05, 3.63) is 89.5 Å². The van der Waals surface area contributed by atoms with E-state index in [2.05, 4.69) is 25.7 Å². The van der Waals surface area contributed by atoms with Crippen LogP contribution in [0.25, 0.3) is 0 Å². The Hall–Kier alpha value is -4.94. The first-order valence-electron chi connectivity index (χ1n) is 13.3. The Morgan fingerprint density at radius 2 is 1.60 bits per heavy atom. The molecule has 13 heteroatoms. The molecule has 0 bridgehead atoms. The molecule has 220 valence electrons. The molecule has 5 N–H and O–H groups in total. The fraction of sp³-hybridized carbons (Fsp3) is 0.276. The van der Waals surface area contributed by atoms with Gasteiger partial charge in [-0.2, -0.15) is 5.53 Å². The van der Waals surface area contributed by atoms with Crippen molar-refractivity contribution in [2.24, 2.45) is 16.1 Å². The highest BCUT2D eigenvalue weighted by molar-refractivity contribution is 6.05. The number of anilines is 2. The second-order valence-corrected chi connectivity index (χ2v) is 9.75. The van der Waals surface area contributed by atoms with Crippen molar-refractivity contribution in [3.8, 4) is 5.75 Å². The second-order valence-electron chi connectivity index (χ2n) is 9.75. The molecule has 1 saturated carbocycles. The predicted octanol–water partition coefficient (Wildman–Crippen LogP) is 6.86. The SMILES string of the molecule is N=NN=C(N)NC(=O)c1ccc(CN(C(=O)Nc2ccc(OC(F)(F)F)cc2)c2ccc(C3CCCCC3)cc2)cc1. The molecule has 42 heavy (non-hydrogen) atoms. The molecule has 0 atom stereocenters. The van der Waals surface area contributed by atoms with Crippen LogP contribution in [-0.2, 0) is 6.54 Å². The number of hydrogen-bond donors (Lipinski definition) is 4. The number of amides is 3. The van der Waals surface area contributed by atoms with E-state index < -0.39 is 24.1 Å². The Labute approximate surface area is 240 Å².